The zero-order valence-corrected chi connectivity index (χ0v) is 11.6. The van der Waals surface area contributed by atoms with Crippen molar-refractivity contribution < 1.29 is 9.47 Å². The molecule has 0 aliphatic carbocycles. The summed E-state index contributed by atoms with van der Waals surface area (Å²) in [4.78, 5) is 0. The van der Waals surface area contributed by atoms with E-state index in [2.05, 4.69) is 24.0 Å². The average Bonchev–Trinajstić information content (AvgIpc) is 2.78. The number of unbranched alkanes of at least 4 members (excludes halogenated alkanes) is 2. The Hall–Kier alpha value is -0.520. The predicted octanol–water partition coefficient (Wildman–Crippen LogP) is 3.17. The standard InChI is InChI=1S/C12H22N2O2S/c1-3-5-7-15-9-11-13-14-12(17-11)10-16-8-6-4-2/h3-10H2,1-2H3. The molecule has 0 aliphatic heterocycles. The van der Waals surface area contributed by atoms with Crippen LogP contribution in [0.1, 0.15) is 49.5 Å². The zero-order valence-electron chi connectivity index (χ0n) is 10.8. The number of hydrogen-bond acceptors (Lipinski definition) is 5. The van der Waals surface area contributed by atoms with Crippen LogP contribution in [-0.4, -0.2) is 23.4 Å². The van der Waals surface area contributed by atoms with Crippen LogP contribution in [0.4, 0.5) is 0 Å². The first-order chi connectivity index (χ1) is 8.36. The van der Waals surface area contributed by atoms with Gasteiger partial charge >= 0.3 is 0 Å². The van der Waals surface area contributed by atoms with E-state index >= 15 is 0 Å². The van der Waals surface area contributed by atoms with Gasteiger partial charge in [-0.25, -0.2) is 0 Å². The minimum Gasteiger partial charge on any atom is -0.374 e. The van der Waals surface area contributed by atoms with E-state index in [1.165, 1.54) is 0 Å². The Labute approximate surface area is 107 Å². The second-order valence-corrected chi connectivity index (χ2v) is 5.05. The van der Waals surface area contributed by atoms with Crippen molar-refractivity contribution >= 4 is 11.3 Å². The molecule has 1 rings (SSSR count). The summed E-state index contributed by atoms with van der Waals surface area (Å²) in [6.07, 6.45) is 4.52. The van der Waals surface area contributed by atoms with Gasteiger partial charge in [0, 0.05) is 13.2 Å². The molecule has 0 aliphatic rings. The third kappa shape index (κ3) is 6.71. The Morgan fingerprint density at radius 3 is 1.76 bits per heavy atom. The van der Waals surface area contributed by atoms with E-state index in [0.717, 1.165) is 48.9 Å². The maximum Gasteiger partial charge on any atom is 0.143 e. The highest BCUT2D eigenvalue weighted by molar-refractivity contribution is 7.11. The van der Waals surface area contributed by atoms with Crippen LogP contribution in [0.15, 0.2) is 0 Å². The van der Waals surface area contributed by atoms with Gasteiger partial charge in [-0.15, -0.1) is 10.2 Å². The molecule has 98 valence electrons. The highest BCUT2D eigenvalue weighted by Crippen LogP contribution is 2.12. The normalized spacial score (nSPS) is 10.9. The maximum absolute atomic E-state index is 5.48. The molecule has 0 unspecified atom stereocenters. The van der Waals surface area contributed by atoms with Crippen molar-refractivity contribution in [2.75, 3.05) is 13.2 Å². The van der Waals surface area contributed by atoms with Crippen LogP contribution in [0.3, 0.4) is 0 Å². The molecule has 0 saturated carbocycles. The summed E-state index contributed by atoms with van der Waals surface area (Å²) in [6.45, 7) is 7.07. The lowest BCUT2D eigenvalue weighted by atomic mass is 10.4. The highest BCUT2D eigenvalue weighted by Gasteiger charge is 2.04. The van der Waals surface area contributed by atoms with Gasteiger partial charge in [-0.1, -0.05) is 38.0 Å². The van der Waals surface area contributed by atoms with Gasteiger partial charge in [-0.3, -0.25) is 0 Å². The molecule has 0 N–H and O–H groups in total. The molecule has 4 nitrogen and oxygen atoms in total. The first kappa shape index (κ1) is 14.5. The van der Waals surface area contributed by atoms with Gasteiger partial charge in [0.15, 0.2) is 0 Å². The third-order valence-corrected chi connectivity index (χ3v) is 3.11. The highest BCUT2D eigenvalue weighted by atomic mass is 32.1. The van der Waals surface area contributed by atoms with Gasteiger partial charge in [0.2, 0.25) is 0 Å². The van der Waals surface area contributed by atoms with Crippen LogP contribution in [0.5, 0.6) is 0 Å². The largest absolute Gasteiger partial charge is 0.374 e. The second-order valence-electron chi connectivity index (χ2n) is 3.90. The third-order valence-electron chi connectivity index (χ3n) is 2.24. The Kier molecular flexibility index (Phi) is 8.13. The lowest BCUT2D eigenvalue weighted by Gasteiger charge is -1.99. The van der Waals surface area contributed by atoms with E-state index in [9.17, 15) is 0 Å². The van der Waals surface area contributed by atoms with Crippen LogP contribution in [0.25, 0.3) is 0 Å². The van der Waals surface area contributed by atoms with Crippen LogP contribution in [0, 0.1) is 0 Å². The van der Waals surface area contributed by atoms with Crippen LogP contribution < -0.4 is 0 Å². The molecule has 0 atom stereocenters. The molecular formula is C12H22N2O2S. The first-order valence-corrected chi connectivity index (χ1v) is 7.15. The fraction of sp³-hybridized carbons (Fsp3) is 0.833. The second kappa shape index (κ2) is 9.50. The van der Waals surface area contributed by atoms with E-state index in [1.54, 1.807) is 11.3 Å². The molecule has 0 spiro atoms. The van der Waals surface area contributed by atoms with Crippen molar-refractivity contribution in [3.05, 3.63) is 10.0 Å². The minimum absolute atomic E-state index is 0.576. The van der Waals surface area contributed by atoms with Gasteiger partial charge in [0.25, 0.3) is 0 Å². The minimum atomic E-state index is 0.576. The van der Waals surface area contributed by atoms with Gasteiger partial charge in [-0.05, 0) is 12.8 Å². The van der Waals surface area contributed by atoms with Gasteiger partial charge in [0.1, 0.15) is 23.2 Å². The maximum atomic E-state index is 5.48. The molecular weight excluding hydrogens is 236 g/mol. The average molecular weight is 258 g/mol. The van der Waals surface area contributed by atoms with Crippen molar-refractivity contribution in [3.63, 3.8) is 0 Å². The van der Waals surface area contributed by atoms with Crippen molar-refractivity contribution in [2.45, 2.75) is 52.7 Å². The number of hydrogen-bond donors (Lipinski definition) is 0. The molecule has 1 aromatic rings. The molecule has 17 heavy (non-hydrogen) atoms. The summed E-state index contributed by atoms with van der Waals surface area (Å²) < 4.78 is 11.0. The molecule has 0 aromatic carbocycles. The van der Waals surface area contributed by atoms with E-state index in [1.807, 2.05) is 0 Å². The van der Waals surface area contributed by atoms with Crippen LogP contribution >= 0.6 is 11.3 Å². The van der Waals surface area contributed by atoms with E-state index < -0.39 is 0 Å². The number of ether oxygens (including phenoxy) is 2. The monoisotopic (exact) mass is 258 g/mol. The number of rotatable bonds is 10. The summed E-state index contributed by atoms with van der Waals surface area (Å²) in [5, 5.41) is 10.0. The fourth-order valence-electron chi connectivity index (χ4n) is 1.22. The fourth-order valence-corrected chi connectivity index (χ4v) is 1.94. The molecule has 0 radical (unpaired) electrons. The van der Waals surface area contributed by atoms with Gasteiger partial charge < -0.3 is 9.47 Å². The Morgan fingerprint density at radius 1 is 0.882 bits per heavy atom. The molecule has 1 heterocycles. The Bertz CT molecular complexity index is 265. The summed E-state index contributed by atoms with van der Waals surface area (Å²) in [6, 6.07) is 0. The number of nitrogens with zero attached hydrogens (tertiary/aromatic N) is 2. The lowest BCUT2D eigenvalue weighted by Crippen LogP contribution is -1.94. The summed E-state index contributed by atoms with van der Waals surface area (Å²) in [5.41, 5.74) is 0. The molecule has 0 amide bonds. The number of aromatic nitrogens is 2. The zero-order chi connectivity index (χ0) is 12.3. The summed E-state index contributed by atoms with van der Waals surface area (Å²) in [5.74, 6) is 0. The molecule has 1 aromatic heterocycles. The molecule has 5 heteroatoms. The predicted molar refractivity (Wildman–Crippen MR) is 69.0 cm³/mol. The lowest BCUT2D eigenvalue weighted by molar-refractivity contribution is 0.116. The topological polar surface area (TPSA) is 44.2 Å². The van der Waals surface area contributed by atoms with Crippen LogP contribution in [0.2, 0.25) is 0 Å². The van der Waals surface area contributed by atoms with Gasteiger partial charge in [0.05, 0.1) is 0 Å². The first-order valence-electron chi connectivity index (χ1n) is 6.33. The van der Waals surface area contributed by atoms with Crippen molar-refractivity contribution in [1.29, 1.82) is 0 Å². The molecule has 0 fully saturated rings. The quantitative estimate of drug-likeness (QED) is 0.605. The van der Waals surface area contributed by atoms with Gasteiger partial charge in [-0.2, -0.15) is 0 Å². The molecule has 0 saturated heterocycles. The van der Waals surface area contributed by atoms with E-state index in [-0.39, 0.29) is 0 Å². The van der Waals surface area contributed by atoms with Crippen molar-refractivity contribution in [3.8, 4) is 0 Å². The molecule has 0 bridgehead atoms. The smallest absolute Gasteiger partial charge is 0.143 e. The SMILES string of the molecule is CCCCOCc1nnc(COCCCC)s1. The summed E-state index contributed by atoms with van der Waals surface area (Å²) >= 11 is 1.58. The van der Waals surface area contributed by atoms with Crippen LogP contribution in [-0.2, 0) is 22.7 Å². The summed E-state index contributed by atoms with van der Waals surface area (Å²) in [7, 11) is 0. The van der Waals surface area contributed by atoms with E-state index in [4.69, 9.17) is 9.47 Å². The van der Waals surface area contributed by atoms with Crippen molar-refractivity contribution in [1.82, 2.24) is 10.2 Å². The Morgan fingerprint density at radius 2 is 1.35 bits per heavy atom. The van der Waals surface area contributed by atoms with Crippen molar-refractivity contribution in [2.24, 2.45) is 0 Å². The van der Waals surface area contributed by atoms with E-state index in [0.29, 0.717) is 13.2 Å². The Balaban J connectivity index is 2.14.